The highest BCUT2D eigenvalue weighted by atomic mass is 16.5. The molecule has 0 spiro atoms. The second kappa shape index (κ2) is 5.58. The number of nitrogens with zero attached hydrogens (tertiary/aromatic N) is 1. The molecule has 0 aromatic rings. The maximum absolute atomic E-state index is 5.80. The van der Waals surface area contributed by atoms with Crippen LogP contribution in [0.2, 0.25) is 0 Å². The van der Waals surface area contributed by atoms with Crippen molar-refractivity contribution in [3.63, 3.8) is 0 Å². The molecule has 3 heteroatoms. The number of likely N-dealkylation sites (N-methyl/N-ethyl adjacent to an activating group) is 1. The number of piperidine rings is 1. The Bertz CT molecular complexity index is 139. The summed E-state index contributed by atoms with van der Waals surface area (Å²) in [6, 6.07) is 0.524. The van der Waals surface area contributed by atoms with Crippen LogP contribution in [0.5, 0.6) is 0 Å². The standard InChI is InChI=1S/C10H22N2O/c1-9-10(5-4-6-11-9)13-8-7-12(2)3/h9-11H,4-8H2,1-3H3. The lowest BCUT2D eigenvalue weighted by Gasteiger charge is -2.30. The zero-order valence-electron chi connectivity index (χ0n) is 9.05. The Morgan fingerprint density at radius 3 is 2.85 bits per heavy atom. The van der Waals surface area contributed by atoms with Crippen molar-refractivity contribution in [3.8, 4) is 0 Å². The summed E-state index contributed by atoms with van der Waals surface area (Å²) in [6.45, 7) is 5.22. The minimum absolute atomic E-state index is 0.425. The highest BCUT2D eigenvalue weighted by molar-refractivity contribution is 4.77. The van der Waals surface area contributed by atoms with Crippen molar-refractivity contribution in [2.75, 3.05) is 33.8 Å². The Morgan fingerprint density at radius 1 is 1.46 bits per heavy atom. The highest BCUT2D eigenvalue weighted by Crippen LogP contribution is 2.11. The Hall–Kier alpha value is -0.120. The van der Waals surface area contributed by atoms with E-state index in [1.165, 1.54) is 12.8 Å². The molecule has 0 amide bonds. The fraction of sp³-hybridized carbons (Fsp3) is 1.00. The van der Waals surface area contributed by atoms with E-state index in [0.717, 1.165) is 19.7 Å². The van der Waals surface area contributed by atoms with Crippen molar-refractivity contribution < 1.29 is 4.74 Å². The number of hydrogen-bond donors (Lipinski definition) is 1. The molecule has 0 saturated carbocycles. The zero-order chi connectivity index (χ0) is 9.68. The third-order valence-electron chi connectivity index (χ3n) is 2.56. The summed E-state index contributed by atoms with van der Waals surface area (Å²) in [6.07, 6.45) is 2.88. The lowest BCUT2D eigenvalue weighted by atomic mass is 10.0. The summed E-state index contributed by atoms with van der Waals surface area (Å²) >= 11 is 0. The molecule has 1 aliphatic heterocycles. The molecule has 1 aliphatic rings. The first-order valence-corrected chi connectivity index (χ1v) is 5.20. The van der Waals surface area contributed by atoms with Crippen LogP contribution < -0.4 is 5.32 Å². The van der Waals surface area contributed by atoms with E-state index in [1.54, 1.807) is 0 Å². The van der Waals surface area contributed by atoms with Gasteiger partial charge in [-0.1, -0.05) is 0 Å². The molecular weight excluding hydrogens is 164 g/mol. The smallest absolute Gasteiger partial charge is 0.0726 e. The van der Waals surface area contributed by atoms with Crippen molar-refractivity contribution in [3.05, 3.63) is 0 Å². The van der Waals surface area contributed by atoms with Gasteiger partial charge in [0, 0.05) is 12.6 Å². The fourth-order valence-electron chi connectivity index (χ4n) is 1.63. The minimum atomic E-state index is 0.425. The molecule has 2 unspecified atom stereocenters. The van der Waals surface area contributed by atoms with Crippen molar-refractivity contribution in [2.24, 2.45) is 0 Å². The molecule has 0 aliphatic carbocycles. The van der Waals surface area contributed by atoms with Crippen LogP contribution in [0.15, 0.2) is 0 Å². The van der Waals surface area contributed by atoms with E-state index in [4.69, 9.17) is 4.74 Å². The average molecular weight is 186 g/mol. The topological polar surface area (TPSA) is 24.5 Å². The van der Waals surface area contributed by atoms with Gasteiger partial charge in [0.2, 0.25) is 0 Å². The molecule has 0 aromatic heterocycles. The Morgan fingerprint density at radius 2 is 2.23 bits per heavy atom. The summed E-state index contributed by atoms with van der Waals surface area (Å²) < 4.78 is 5.80. The van der Waals surface area contributed by atoms with E-state index in [1.807, 2.05) is 0 Å². The van der Waals surface area contributed by atoms with Crippen LogP contribution in [0, 0.1) is 0 Å². The van der Waals surface area contributed by atoms with Crippen LogP contribution in [-0.2, 0) is 4.74 Å². The van der Waals surface area contributed by atoms with Crippen LogP contribution in [0.1, 0.15) is 19.8 Å². The van der Waals surface area contributed by atoms with Gasteiger partial charge in [0.15, 0.2) is 0 Å². The maximum atomic E-state index is 5.80. The molecule has 78 valence electrons. The molecule has 1 saturated heterocycles. The molecule has 1 N–H and O–H groups in total. The predicted octanol–water partition coefficient (Wildman–Crippen LogP) is 0.705. The Kier molecular flexibility index (Phi) is 4.70. The number of ether oxygens (including phenoxy) is 1. The van der Waals surface area contributed by atoms with Gasteiger partial charge in [-0.3, -0.25) is 0 Å². The molecule has 0 radical (unpaired) electrons. The van der Waals surface area contributed by atoms with E-state index in [2.05, 4.69) is 31.2 Å². The van der Waals surface area contributed by atoms with E-state index in [-0.39, 0.29) is 0 Å². The first kappa shape index (κ1) is 11.0. The summed E-state index contributed by atoms with van der Waals surface area (Å²) in [5, 5.41) is 3.43. The second-order valence-corrected chi connectivity index (χ2v) is 4.10. The largest absolute Gasteiger partial charge is 0.375 e. The van der Waals surface area contributed by atoms with Gasteiger partial charge in [-0.25, -0.2) is 0 Å². The zero-order valence-corrected chi connectivity index (χ0v) is 9.05. The van der Waals surface area contributed by atoms with Crippen molar-refractivity contribution in [2.45, 2.75) is 31.9 Å². The molecule has 13 heavy (non-hydrogen) atoms. The second-order valence-electron chi connectivity index (χ2n) is 4.10. The van der Waals surface area contributed by atoms with Crippen LogP contribution in [0.3, 0.4) is 0 Å². The molecule has 1 fully saturated rings. The van der Waals surface area contributed by atoms with Crippen molar-refractivity contribution >= 4 is 0 Å². The molecule has 0 aromatic carbocycles. The Labute approximate surface area is 81.4 Å². The molecular formula is C10H22N2O. The van der Waals surface area contributed by atoms with Gasteiger partial charge in [0.25, 0.3) is 0 Å². The third kappa shape index (κ3) is 4.07. The van der Waals surface area contributed by atoms with Crippen LogP contribution in [0.4, 0.5) is 0 Å². The van der Waals surface area contributed by atoms with Gasteiger partial charge in [-0.15, -0.1) is 0 Å². The number of hydrogen-bond acceptors (Lipinski definition) is 3. The van der Waals surface area contributed by atoms with Gasteiger partial charge in [0.1, 0.15) is 0 Å². The van der Waals surface area contributed by atoms with Gasteiger partial charge < -0.3 is 15.0 Å². The monoisotopic (exact) mass is 186 g/mol. The highest BCUT2D eigenvalue weighted by Gasteiger charge is 2.20. The first-order chi connectivity index (χ1) is 6.20. The van der Waals surface area contributed by atoms with E-state index in [0.29, 0.717) is 12.1 Å². The molecule has 2 atom stereocenters. The molecule has 0 bridgehead atoms. The predicted molar refractivity (Wildman–Crippen MR) is 55.0 cm³/mol. The van der Waals surface area contributed by atoms with E-state index >= 15 is 0 Å². The van der Waals surface area contributed by atoms with Crippen LogP contribution in [0.25, 0.3) is 0 Å². The summed E-state index contributed by atoms with van der Waals surface area (Å²) in [5.41, 5.74) is 0. The molecule has 1 rings (SSSR count). The van der Waals surface area contributed by atoms with Gasteiger partial charge >= 0.3 is 0 Å². The summed E-state index contributed by atoms with van der Waals surface area (Å²) in [4.78, 5) is 2.15. The van der Waals surface area contributed by atoms with Crippen LogP contribution in [-0.4, -0.2) is 50.8 Å². The molecule has 3 nitrogen and oxygen atoms in total. The SMILES string of the molecule is CC1NCCCC1OCCN(C)C. The fourth-order valence-corrected chi connectivity index (χ4v) is 1.63. The van der Waals surface area contributed by atoms with Gasteiger partial charge in [-0.05, 0) is 40.4 Å². The summed E-state index contributed by atoms with van der Waals surface area (Å²) in [5.74, 6) is 0. The van der Waals surface area contributed by atoms with Crippen molar-refractivity contribution in [1.82, 2.24) is 10.2 Å². The maximum Gasteiger partial charge on any atom is 0.0726 e. The van der Waals surface area contributed by atoms with Gasteiger partial charge in [-0.2, -0.15) is 0 Å². The lowest BCUT2D eigenvalue weighted by molar-refractivity contribution is 0.00667. The lowest BCUT2D eigenvalue weighted by Crippen LogP contribution is -2.44. The quantitative estimate of drug-likeness (QED) is 0.699. The van der Waals surface area contributed by atoms with E-state index in [9.17, 15) is 0 Å². The Balaban J connectivity index is 2.11. The normalized spacial score (nSPS) is 29.5. The van der Waals surface area contributed by atoms with Crippen molar-refractivity contribution in [1.29, 1.82) is 0 Å². The molecule has 1 heterocycles. The van der Waals surface area contributed by atoms with E-state index < -0.39 is 0 Å². The third-order valence-corrected chi connectivity index (χ3v) is 2.56. The van der Waals surface area contributed by atoms with Gasteiger partial charge in [0.05, 0.1) is 12.7 Å². The summed E-state index contributed by atoms with van der Waals surface area (Å²) in [7, 11) is 4.15. The van der Waals surface area contributed by atoms with Crippen LogP contribution >= 0.6 is 0 Å². The minimum Gasteiger partial charge on any atom is -0.375 e. The number of rotatable bonds is 4. The average Bonchev–Trinajstić information content (AvgIpc) is 2.08. The number of nitrogens with one attached hydrogen (secondary N) is 1. The first-order valence-electron chi connectivity index (χ1n) is 5.20.